The van der Waals surface area contributed by atoms with Gasteiger partial charge in [0.1, 0.15) is 0 Å². The number of anilines is 2. The van der Waals surface area contributed by atoms with Gasteiger partial charge in [0.05, 0.1) is 29.3 Å². The summed E-state index contributed by atoms with van der Waals surface area (Å²) in [5, 5.41) is 12.0. The Hall–Kier alpha value is -3.35. The number of imidazole rings is 1. The first-order valence-corrected chi connectivity index (χ1v) is 6.75. The Kier molecular flexibility index (Phi) is 3.68. The molecule has 0 spiro atoms. The van der Waals surface area contributed by atoms with E-state index in [1.807, 2.05) is 0 Å². The first kappa shape index (κ1) is 14.6. The number of carbonyl (C=O) groups is 2. The lowest BCUT2D eigenvalue weighted by molar-refractivity contribution is 0.0600. The number of carbonyl (C=O) groups excluding carboxylic acids is 1. The van der Waals surface area contributed by atoms with Crippen molar-refractivity contribution in [2.24, 2.45) is 0 Å². The summed E-state index contributed by atoms with van der Waals surface area (Å²) < 4.78 is 4.64. The van der Waals surface area contributed by atoms with Gasteiger partial charge in [-0.3, -0.25) is 0 Å². The van der Waals surface area contributed by atoms with Crippen LogP contribution in [0.25, 0.3) is 11.0 Å². The number of aromatic nitrogens is 2. The Morgan fingerprint density at radius 3 is 2.48 bits per heavy atom. The van der Waals surface area contributed by atoms with Crippen LogP contribution in [-0.4, -0.2) is 34.1 Å². The summed E-state index contributed by atoms with van der Waals surface area (Å²) in [4.78, 5) is 29.7. The van der Waals surface area contributed by atoms with Crippen LogP contribution < -0.4 is 5.32 Å². The molecule has 7 nitrogen and oxygen atoms in total. The predicted molar refractivity (Wildman–Crippen MR) is 84.1 cm³/mol. The molecule has 2 aromatic carbocycles. The number of carboxylic acid groups (broad SMARTS) is 1. The maximum absolute atomic E-state index is 11.4. The number of carboxylic acids is 1. The molecule has 3 N–H and O–H groups in total. The van der Waals surface area contributed by atoms with E-state index in [1.54, 1.807) is 30.3 Å². The van der Waals surface area contributed by atoms with Gasteiger partial charge in [-0.1, -0.05) is 0 Å². The standard InChI is InChI=1S/C16H13N3O4/c1-23-15(22)9-2-5-11(6-3-9)17-16-18-12-7-4-10(14(20)21)8-13(12)19-16/h2-8H,1H3,(H,20,21)(H2,17,18,19). The highest BCUT2D eigenvalue weighted by atomic mass is 16.5. The minimum Gasteiger partial charge on any atom is -0.478 e. The minimum absolute atomic E-state index is 0.190. The van der Waals surface area contributed by atoms with Crippen LogP contribution >= 0.6 is 0 Å². The van der Waals surface area contributed by atoms with Gasteiger partial charge in [-0.2, -0.15) is 0 Å². The van der Waals surface area contributed by atoms with Crippen LogP contribution in [0.3, 0.4) is 0 Å². The van der Waals surface area contributed by atoms with E-state index in [-0.39, 0.29) is 5.56 Å². The molecule has 3 aromatic rings. The van der Waals surface area contributed by atoms with Crippen LogP contribution in [-0.2, 0) is 4.74 Å². The number of rotatable bonds is 4. The third kappa shape index (κ3) is 2.98. The molecule has 0 bridgehead atoms. The van der Waals surface area contributed by atoms with Crippen LogP contribution in [0.15, 0.2) is 42.5 Å². The quantitative estimate of drug-likeness (QED) is 0.640. The molecule has 0 aliphatic heterocycles. The summed E-state index contributed by atoms with van der Waals surface area (Å²) in [6.07, 6.45) is 0. The van der Waals surface area contributed by atoms with Gasteiger partial charge >= 0.3 is 11.9 Å². The molecule has 23 heavy (non-hydrogen) atoms. The third-order valence-corrected chi connectivity index (χ3v) is 3.30. The smallest absolute Gasteiger partial charge is 0.337 e. The van der Waals surface area contributed by atoms with E-state index in [0.717, 1.165) is 5.69 Å². The number of nitrogens with zero attached hydrogens (tertiary/aromatic N) is 1. The molecule has 7 heteroatoms. The summed E-state index contributed by atoms with van der Waals surface area (Å²) in [6, 6.07) is 11.4. The largest absolute Gasteiger partial charge is 0.478 e. The lowest BCUT2D eigenvalue weighted by Gasteiger charge is -2.03. The number of aromatic amines is 1. The first-order chi connectivity index (χ1) is 11.1. The molecule has 0 radical (unpaired) electrons. The van der Waals surface area contributed by atoms with E-state index in [1.165, 1.54) is 19.2 Å². The molecule has 3 rings (SSSR count). The molecular weight excluding hydrogens is 298 g/mol. The Labute approximate surface area is 130 Å². The van der Waals surface area contributed by atoms with Crippen molar-refractivity contribution in [2.45, 2.75) is 0 Å². The number of fused-ring (bicyclic) bond motifs is 1. The fraction of sp³-hybridized carbons (Fsp3) is 0.0625. The molecule has 116 valence electrons. The van der Waals surface area contributed by atoms with Gasteiger partial charge in [0, 0.05) is 5.69 Å². The Morgan fingerprint density at radius 1 is 1.13 bits per heavy atom. The normalized spacial score (nSPS) is 10.5. The average Bonchev–Trinajstić information content (AvgIpc) is 2.96. The molecular formula is C16H13N3O4. The number of nitrogens with one attached hydrogen (secondary N) is 2. The van der Waals surface area contributed by atoms with Crippen LogP contribution in [0.5, 0.6) is 0 Å². The van der Waals surface area contributed by atoms with E-state index in [9.17, 15) is 9.59 Å². The second kappa shape index (κ2) is 5.80. The maximum atomic E-state index is 11.4. The number of hydrogen-bond acceptors (Lipinski definition) is 5. The van der Waals surface area contributed by atoms with Crippen LogP contribution in [0.1, 0.15) is 20.7 Å². The topological polar surface area (TPSA) is 104 Å². The molecule has 0 fully saturated rings. The predicted octanol–water partition coefficient (Wildman–Crippen LogP) is 2.79. The highest BCUT2D eigenvalue weighted by Gasteiger charge is 2.08. The number of ether oxygens (including phenoxy) is 1. The lowest BCUT2D eigenvalue weighted by Crippen LogP contribution is -2.01. The monoisotopic (exact) mass is 311 g/mol. The summed E-state index contributed by atoms with van der Waals surface area (Å²) in [7, 11) is 1.33. The molecule has 1 aromatic heterocycles. The number of hydrogen-bond donors (Lipinski definition) is 3. The van der Waals surface area contributed by atoms with Crippen molar-refractivity contribution in [2.75, 3.05) is 12.4 Å². The van der Waals surface area contributed by atoms with Gasteiger partial charge in [0.15, 0.2) is 0 Å². The second-order valence-corrected chi connectivity index (χ2v) is 4.82. The second-order valence-electron chi connectivity index (χ2n) is 4.82. The number of aromatic carboxylic acids is 1. The molecule has 0 aliphatic rings. The third-order valence-electron chi connectivity index (χ3n) is 3.30. The summed E-state index contributed by atoms with van der Waals surface area (Å²) >= 11 is 0. The number of benzene rings is 2. The number of H-pyrrole nitrogens is 1. The fourth-order valence-electron chi connectivity index (χ4n) is 2.15. The Bertz CT molecular complexity index is 884. The highest BCUT2D eigenvalue weighted by Crippen LogP contribution is 2.20. The van der Waals surface area contributed by atoms with Crippen LogP contribution in [0.4, 0.5) is 11.6 Å². The molecule has 0 unspecified atom stereocenters. The Balaban J connectivity index is 1.83. The van der Waals surface area contributed by atoms with Crippen molar-refractivity contribution in [1.29, 1.82) is 0 Å². The van der Waals surface area contributed by atoms with Crippen LogP contribution in [0, 0.1) is 0 Å². The highest BCUT2D eigenvalue weighted by molar-refractivity contribution is 5.93. The summed E-state index contributed by atoms with van der Waals surface area (Å²) in [5.74, 6) is -0.913. The minimum atomic E-state index is -0.991. The van der Waals surface area contributed by atoms with E-state index in [0.29, 0.717) is 22.5 Å². The van der Waals surface area contributed by atoms with Gasteiger partial charge in [0.25, 0.3) is 0 Å². The first-order valence-electron chi connectivity index (χ1n) is 6.75. The van der Waals surface area contributed by atoms with Crippen LogP contribution in [0.2, 0.25) is 0 Å². The zero-order chi connectivity index (χ0) is 16.4. The van der Waals surface area contributed by atoms with E-state index < -0.39 is 11.9 Å². The maximum Gasteiger partial charge on any atom is 0.337 e. The van der Waals surface area contributed by atoms with Gasteiger partial charge in [-0.25, -0.2) is 14.6 Å². The van der Waals surface area contributed by atoms with E-state index in [4.69, 9.17) is 5.11 Å². The SMILES string of the molecule is COC(=O)c1ccc(Nc2nc3ccc(C(=O)O)cc3[nH]2)cc1. The fourth-order valence-corrected chi connectivity index (χ4v) is 2.15. The summed E-state index contributed by atoms with van der Waals surface area (Å²) in [5.41, 5.74) is 2.65. The molecule has 0 amide bonds. The van der Waals surface area contributed by atoms with Gasteiger partial charge in [0.2, 0.25) is 5.95 Å². The lowest BCUT2D eigenvalue weighted by atomic mass is 10.2. The van der Waals surface area contributed by atoms with E-state index in [2.05, 4.69) is 20.0 Å². The molecule has 0 atom stereocenters. The van der Waals surface area contributed by atoms with Gasteiger partial charge in [-0.05, 0) is 42.5 Å². The van der Waals surface area contributed by atoms with Gasteiger partial charge in [-0.15, -0.1) is 0 Å². The molecule has 0 saturated heterocycles. The Morgan fingerprint density at radius 2 is 1.83 bits per heavy atom. The number of methoxy groups -OCH3 is 1. The van der Waals surface area contributed by atoms with Crippen molar-refractivity contribution in [1.82, 2.24) is 9.97 Å². The molecule has 1 heterocycles. The zero-order valence-electron chi connectivity index (χ0n) is 12.2. The average molecular weight is 311 g/mol. The molecule has 0 saturated carbocycles. The van der Waals surface area contributed by atoms with Crippen molar-refractivity contribution in [3.63, 3.8) is 0 Å². The van der Waals surface area contributed by atoms with Crippen molar-refractivity contribution < 1.29 is 19.4 Å². The summed E-state index contributed by atoms with van der Waals surface area (Å²) in [6.45, 7) is 0. The van der Waals surface area contributed by atoms with Crippen molar-refractivity contribution >= 4 is 34.6 Å². The van der Waals surface area contributed by atoms with Crippen molar-refractivity contribution in [3.05, 3.63) is 53.6 Å². The number of esters is 1. The zero-order valence-corrected chi connectivity index (χ0v) is 12.2. The van der Waals surface area contributed by atoms with Gasteiger partial charge < -0.3 is 20.1 Å². The van der Waals surface area contributed by atoms with E-state index >= 15 is 0 Å². The molecule has 0 aliphatic carbocycles. The van der Waals surface area contributed by atoms with Crippen molar-refractivity contribution in [3.8, 4) is 0 Å².